The van der Waals surface area contributed by atoms with Crippen LogP contribution in [-0.4, -0.2) is 14.8 Å². The van der Waals surface area contributed by atoms with Gasteiger partial charge in [0.05, 0.1) is 0 Å². The lowest BCUT2D eigenvalue weighted by Crippen LogP contribution is -2.04. The lowest BCUT2D eigenvalue weighted by molar-refractivity contribution is 0.461. The van der Waals surface area contributed by atoms with Crippen molar-refractivity contribution >= 4 is 11.5 Å². The molecule has 1 aliphatic carbocycles. The highest BCUT2D eigenvalue weighted by atomic mass is 32.1. The quantitative estimate of drug-likeness (QED) is 0.800. The Morgan fingerprint density at radius 2 is 2.12 bits per heavy atom. The number of hydrogen-bond donors (Lipinski definition) is 0. The first-order valence-electron chi connectivity index (χ1n) is 5.37. The second-order valence-electron chi connectivity index (χ2n) is 3.83. The zero-order valence-corrected chi connectivity index (χ0v) is 9.54. The van der Waals surface area contributed by atoms with Gasteiger partial charge in [0, 0.05) is 11.5 Å². The van der Waals surface area contributed by atoms with Crippen molar-refractivity contribution in [1.29, 1.82) is 0 Å². The Labute approximate surface area is 97.4 Å². The van der Waals surface area contributed by atoms with E-state index in [1.165, 1.54) is 35.5 Å². The summed E-state index contributed by atoms with van der Waals surface area (Å²) in [5.41, 5.74) is 2.73. The Morgan fingerprint density at radius 3 is 3.00 bits per heavy atom. The molecule has 0 atom stereocenters. The Morgan fingerprint density at radius 1 is 1.19 bits per heavy atom. The van der Waals surface area contributed by atoms with Gasteiger partial charge in [-0.1, -0.05) is 21.7 Å². The third-order valence-electron chi connectivity index (χ3n) is 2.83. The fourth-order valence-electron chi connectivity index (χ4n) is 2.10. The number of aromatic nitrogens is 3. The lowest BCUT2D eigenvalue weighted by Gasteiger charge is -2.18. The predicted octanol–water partition coefficient (Wildman–Crippen LogP) is 2.60. The average Bonchev–Trinajstić information content (AvgIpc) is 2.82. The van der Waals surface area contributed by atoms with E-state index in [0.717, 1.165) is 18.6 Å². The van der Waals surface area contributed by atoms with Gasteiger partial charge in [0.2, 0.25) is 0 Å². The van der Waals surface area contributed by atoms with Crippen LogP contribution in [0.1, 0.15) is 24.0 Å². The third kappa shape index (κ3) is 1.78. The van der Waals surface area contributed by atoms with E-state index in [2.05, 4.69) is 20.9 Å². The van der Waals surface area contributed by atoms with Crippen LogP contribution < -0.4 is 4.74 Å². The first kappa shape index (κ1) is 9.72. The molecule has 0 unspecified atom stereocenters. The summed E-state index contributed by atoms with van der Waals surface area (Å²) < 4.78 is 9.39. The lowest BCUT2D eigenvalue weighted by atomic mass is 9.91. The van der Waals surface area contributed by atoms with Gasteiger partial charge in [-0.05, 0) is 48.1 Å². The van der Waals surface area contributed by atoms with Gasteiger partial charge in [0.25, 0.3) is 0 Å². The number of fused-ring (bicyclic) bond motifs is 1. The molecule has 5 heteroatoms. The SMILES string of the molecule is c1cc2c(c(Oc3nnns3)c1)CCCC2. The Balaban J connectivity index is 1.94. The van der Waals surface area contributed by atoms with E-state index in [4.69, 9.17) is 4.74 Å². The van der Waals surface area contributed by atoms with Crippen molar-refractivity contribution in [1.82, 2.24) is 14.8 Å². The van der Waals surface area contributed by atoms with Crippen molar-refractivity contribution in [2.45, 2.75) is 25.7 Å². The molecule has 82 valence electrons. The summed E-state index contributed by atoms with van der Waals surface area (Å²) in [6, 6.07) is 6.21. The van der Waals surface area contributed by atoms with Crippen LogP contribution in [0.3, 0.4) is 0 Å². The molecule has 0 spiro atoms. The van der Waals surface area contributed by atoms with Crippen LogP contribution in [0.25, 0.3) is 0 Å². The molecule has 1 aliphatic rings. The molecule has 4 nitrogen and oxygen atoms in total. The van der Waals surface area contributed by atoms with E-state index < -0.39 is 0 Å². The van der Waals surface area contributed by atoms with Gasteiger partial charge in [-0.2, -0.15) is 0 Å². The van der Waals surface area contributed by atoms with Crippen molar-refractivity contribution in [3.8, 4) is 10.9 Å². The van der Waals surface area contributed by atoms with Crippen molar-refractivity contribution in [2.75, 3.05) is 0 Å². The number of benzene rings is 1. The van der Waals surface area contributed by atoms with Gasteiger partial charge in [-0.3, -0.25) is 0 Å². The normalized spacial score (nSPS) is 14.5. The minimum Gasteiger partial charge on any atom is -0.428 e. The highest BCUT2D eigenvalue weighted by molar-refractivity contribution is 7.07. The van der Waals surface area contributed by atoms with Gasteiger partial charge in [0.1, 0.15) is 5.75 Å². The summed E-state index contributed by atoms with van der Waals surface area (Å²) in [5, 5.41) is 7.83. The van der Waals surface area contributed by atoms with Crippen LogP contribution >= 0.6 is 11.5 Å². The van der Waals surface area contributed by atoms with Gasteiger partial charge in [0.15, 0.2) is 0 Å². The summed E-state index contributed by atoms with van der Waals surface area (Å²) in [5.74, 6) is 0.913. The van der Waals surface area contributed by atoms with E-state index >= 15 is 0 Å². The van der Waals surface area contributed by atoms with Crippen LogP contribution in [0, 0.1) is 0 Å². The number of rotatable bonds is 2. The summed E-state index contributed by atoms with van der Waals surface area (Å²) in [6.45, 7) is 0. The van der Waals surface area contributed by atoms with Gasteiger partial charge >= 0.3 is 5.19 Å². The monoisotopic (exact) mass is 233 g/mol. The van der Waals surface area contributed by atoms with E-state index in [1.807, 2.05) is 12.1 Å². The molecule has 1 aromatic carbocycles. The molecule has 0 amide bonds. The molecule has 3 rings (SSSR count). The summed E-state index contributed by atoms with van der Waals surface area (Å²) in [6.07, 6.45) is 4.76. The van der Waals surface area contributed by atoms with Crippen molar-refractivity contribution in [3.05, 3.63) is 29.3 Å². The zero-order valence-electron chi connectivity index (χ0n) is 8.72. The van der Waals surface area contributed by atoms with Crippen molar-refractivity contribution in [3.63, 3.8) is 0 Å². The number of nitrogens with zero attached hydrogens (tertiary/aromatic N) is 3. The molecule has 0 aliphatic heterocycles. The zero-order chi connectivity index (χ0) is 10.8. The molecule has 16 heavy (non-hydrogen) atoms. The average molecular weight is 233 g/mol. The number of aryl methyl sites for hydroxylation is 1. The summed E-state index contributed by atoms with van der Waals surface area (Å²) in [7, 11) is 0. The fourth-order valence-corrected chi connectivity index (χ4v) is 2.44. The van der Waals surface area contributed by atoms with Gasteiger partial charge in [-0.15, -0.1) is 0 Å². The Hall–Kier alpha value is -1.49. The largest absolute Gasteiger partial charge is 0.428 e. The molecule has 2 aromatic rings. The van der Waals surface area contributed by atoms with Gasteiger partial charge < -0.3 is 4.74 Å². The van der Waals surface area contributed by atoms with E-state index in [0.29, 0.717) is 5.19 Å². The van der Waals surface area contributed by atoms with Crippen LogP contribution in [-0.2, 0) is 12.8 Å². The molecule has 1 heterocycles. The summed E-state index contributed by atoms with van der Waals surface area (Å²) in [4.78, 5) is 0. The van der Waals surface area contributed by atoms with Crippen LogP contribution in [0.4, 0.5) is 0 Å². The second kappa shape index (κ2) is 4.17. The van der Waals surface area contributed by atoms with E-state index in [1.54, 1.807) is 0 Å². The molecular formula is C11H11N3OS. The van der Waals surface area contributed by atoms with Gasteiger partial charge in [-0.25, -0.2) is 0 Å². The number of hydrogen-bond acceptors (Lipinski definition) is 5. The number of ether oxygens (including phenoxy) is 1. The second-order valence-corrected chi connectivity index (χ2v) is 4.53. The fraction of sp³-hybridized carbons (Fsp3) is 0.364. The van der Waals surface area contributed by atoms with Crippen molar-refractivity contribution in [2.24, 2.45) is 0 Å². The maximum absolute atomic E-state index is 5.70. The highest BCUT2D eigenvalue weighted by Gasteiger charge is 2.15. The minimum absolute atomic E-state index is 0.513. The highest BCUT2D eigenvalue weighted by Crippen LogP contribution is 2.32. The third-order valence-corrected chi connectivity index (χ3v) is 3.31. The van der Waals surface area contributed by atoms with Crippen LogP contribution in [0.2, 0.25) is 0 Å². The Bertz CT molecular complexity index is 484. The minimum atomic E-state index is 0.513. The molecular weight excluding hydrogens is 222 g/mol. The smallest absolute Gasteiger partial charge is 0.319 e. The standard InChI is InChI=1S/C11H11N3OS/c1-2-6-9-8(4-1)5-3-7-10(9)15-11-12-13-14-16-11/h3,5,7H,1-2,4,6H2. The molecule has 0 fully saturated rings. The van der Waals surface area contributed by atoms with E-state index in [-0.39, 0.29) is 0 Å². The first-order valence-corrected chi connectivity index (χ1v) is 6.14. The topological polar surface area (TPSA) is 47.9 Å². The Kier molecular flexibility index (Phi) is 2.53. The van der Waals surface area contributed by atoms with E-state index in [9.17, 15) is 0 Å². The molecule has 0 saturated carbocycles. The maximum Gasteiger partial charge on any atom is 0.319 e. The van der Waals surface area contributed by atoms with Crippen molar-refractivity contribution < 1.29 is 4.74 Å². The van der Waals surface area contributed by atoms with Crippen LogP contribution in [0.15, 0.2) is 18.2 Å². The molecule has 1 aromatic heterocycles. The summed E-state index contributed by atoms with van der Waals surface area (Å²) >= 11 is 1.17. The molecule has 0 saturated heterocycles. The predicted molar refractivity (Wildman–Crippen MR) is 60.9 cm³/mol. The molecule has 0 radical (unpaired) electrons. The molecule has 0 N–H and O–H groups in total. The van der Waals surface area contributed by atoms with Crippen LogP contribution in [0.5, 0.6) is 10.9 Å². The molecule has 0 bridgehead atoms. The maximum atomic E-state index is 5.70. The first-order chi connectivity index (χ1) is 7.93.